The number of benzene rings is 7. The summed E-state index contributed by atoms with van der Waals surface area (Å²) in [7, 11) is 0. The zero-order valence-electron chi connectivity index (χ0n) is 24.6. The maximum absolute atomic E-state index is 6.88. The maximum atomic E-state index is 6.88. The van der Waals surface area contributed by atoms with Gasteiger partial charge in [0.15, 0.2) is 5.58 Å². The van der Waals surface area contributed by atoms with Gasteiger partial charge in [0.25, 0.3) is 0 Å². The Kier molecular flexibility index (Phi) is 4.55. The van der Waals surface area contributed by atoms with Gasteiger partial charge in [-0.25, -0.2) is 0 Å². The largest absolute Gasteiger partial charge is 0.456 e. The Bertz CT molecular complexity index is 3020. The average Bonchev–Trinajstić information content (AvgIpc) is 3.86. The Morgan fingerprint density at radius 2 is 0.913 bits per heavy atom. The van der Waals surface area contributed by atoms with Crippen molar-refractivity contribution < 1.29 is 8.83 Å². The fourth-order valence-corrected chi connectivity index (χ4v) is 7.85. The molecule has 0 aliphatic heterocycles. The second kappa shape index (κ2) is 8.68. The van der Waals surface area contributed by atoms with Gasteiger partial charge in [0, 0.05) is 54.5 Å². The molecule has 0 aliphatic carbocycles. The van der Waals surface area contributed by atoms with Crippen LogP contribution in [0.3, 0.4) is 0 Å². The van der Waals surface area contributed by atoms with Crippen LogP contribution < -0.4 is 0 Å². The highest BCUT2D eigenvalue weighted by molar-refractivity contribution is 6.39. The van der Waals surface area contributed by atoms with Gasteiger partial charge in [-0.3, -0.25) is 0 Å². The Morgan fingerprint density at radius 1 is 0.348 bits per heavy atom. The maximum Gasteiger partial charge on any atom is 0.160 e. The van der Waals surface area contributed by atoms with Crippen LogP contribution in [0, 0.1) is 0 Å². The predicted molar refractivity (Wildman–Crippen MR) is 190 cm³/mol. The first-order valence-electron chi connectivity index (χ1n) is 15.6. The molecule has 11 rings (SSSR count). The van der Waals surface area contributed by atoms with E-state index in [1.807, 2.05) is 12.1 Å². The fourth-order valence-electron chi connectivity index (χ4n) is 7.85. The molecule has 0 atom stereocenters. The molecule has 46 heavy (non-hydrogen) atoms. The first-order chi connectivity index (χ1) is 22.8. The topological polar surface area (TPSA) is 36.1 Å². The molecule has 0 unspecified atom stereocenters. The molecule has 0 fully saturated rings. The monoisotopic (exact) mass is 588 g/mol. The third-order valence-electron chi connectivity index (χ3n) is 9.68. The minimum Gasteiger partial charge on any atom is -0.456 e. The van der Waals surface area contributed by atoms with Crippen molar-refractivity contribution in [3.63, 3.8) is 0 Å². The lowest BCUT2D eigenvalue weighted by molar-refractivity contribution is 0.669. The third kappa shape index (κ3) is 2.98. The summed E-state index contributed by atoms with van der Waals surface area (Å²) < 4.78 is 18.0. The van der Waals surface area contributed by atoms with Crippen molar-refractivity contribution in [2.45, 2.75) is 0 Å². The second-order valence-electron chi connectivity index (χ2n) is 12.1. The molecule has 4 heterocycles. The second-order valence-corrected chi connectivity index (χ2v) is 12.1. The van der Waals surface area contributed by atoms with Gasteiger partial charge in [-0.15, -0.1) is 0 Å². The molecule has 0 bridgehead atoms. The zero-order valence-corrected chi connectivity index (χ0v) is 24.6. The third-order valence-corrected chi connectivity index (χ3v) is 9.68. The highest BCUT2D eigenvalue weighted by Gasteiger charge is 2.27. The van der Waals surface area contributed by atoms with E-state index in [0.717, 1.165) is 71.8 Å². The first kappa shape index (κ1) is 24.1. The lowest BCUT2D eigenvalue weighted by Gasteiger charge is -2.11. The summed E-state index contributed by atoms with van der Waals surface area (Å²) in [5.41, 5.74) is 10.3. The van der Waals surface area contributed by atoms with Crippen molar-refractivity contribution in [3.8, 4) is 11.4 Å². The number of para-hydroxylation sites is 5. The summed E-state index contributed by atoms with van der Waals surface area (Å²) in [6, 6.07) is 51.5. The van der Waals surface area contributed by atoms with E-state index < -0.39 is 0 Å². The van der Waals surface area contributed by atoms with Crippen molar-refractivity contribution >= 4 is 87.5 Å². The number of rotatable bonds is 2. The lowest BCUT2D eigenvalue weighted by Crippen LogP contribution is -1.96. The van der Waals surface area contributed by atoms with Gasteiger partial charge < -0.3 is 18.0 Å². The molecule has 0 aliphatic rings. The van der Waals surface area contributed by atoms with E-state index in [1.165, 1.54) is 27.1 Å². The summed E-state index contributed by atoms with van der Waals surface area (Å²) >= 11 is 0. The zero-order chi connectivity index (χ0) is 29.9. The van der Waals surface area contributed by atoms with Gasteiger partial charge in [-0.05, 0) is 54.6 Å². The van der Waals surface area contributed by atoms with Crippen LogP contribution in [0.25, 0.3) is 98.9 Å². The van der Waals surface area contributed by atoms with Crippen LogP contribution in [0.4, 0.5) is 0 Å². The van der Waals surface area contributed by atoms with Crippen LogP contribution in [0.5, 0.6) is 0 Å². The van der Waals surface area contributed by atoms with Crippen molar-refractivity contribution in [1.29, 1.82) is 0 Å². The number of aromatic nitrogens is 2. The number of furan rings is 2. The summed E-state index contributed by atoms with van der Waals surface area (Å²) in [5.74, 6) is 0. The Labute approximate surface area is 261 Å². The van der Waals surface area contributed by atoms with E-state index in [0.29, 0.717) is 0 Å². The molecule has 4 heteroatoms. The molecular formula is C42H24N2O2. The number of hydrogen-bond donors (Lipinski definition) is 0. The van der Waals surface area contributed by atoms with Gasteiger partial charge in [-0.2, -0.15) is 0 Å². The van der Waals surface area contributed by atoms with Crippen LogP contribution in [-0.2, 0) is 0 Å². The van der Waals surface area contributed by atoms with Crippen molar-refractivity contribution in [3.05, 3.63) is 146 Å². The normalized spacial score (nSPS) is 12.3. The van der Waals surface area contributed by atoms with E-state index in [4.69, 9.17) is 8.83 Å². The smallest absolute Gasteiger partial charge is 0.160 e. The van der Waals surface area contributed by atoms with Gasteiger partial charge >= 0.3 is 0 Å². The lowest BCUT2D eigenvalue weighted by atomic mass is 10.0. The predicted octanol–water partition coefficient (Wildman–Crippen LogP) is 11.7. The molecule has 214 valence electrons. The summed E-state index contributed by atoms with van der Waals surface area (Å²) in [4.78, 5) is 0. The molecule has 0 saturated heterocycles. The van der Waals surface area contributed by atoms with E-state index in [1.54, 1.807) is 0 Å². The van der Waals surface area contributed by atoms with Crippen molar-refractivity contribution in [2.24, 2.45) is 0 Å². The van der Waals surface area contributed by atoms with Crippen LogP contribution >= 0.6 is 0 Å². The SMILES string of the molecule is c1ccc(-n2c3ccccc3c3c2c2oc4ccccc4c2c2c4ccccc4n(-c4ccc5oc6ccccc6c5c4)c23)cc1. The first-order valence-corrected chi connectivity index (χ1v) is 15.6. The van der Waals surface area contributed by atoms with Crippen LogP contribution in [-0.4, -0.2) is 9.13 Å². The molecule has 4 nitrogen and oxygen atoms in total. The summed E-state index contributed by atoms with van der Waals surface area (Å²) in [6.07, 6.45) is 0. The van der Waals surface area contributed by atoms with E-state index in [2.05, 4.69) is 143 Å². The Hall–Kier alpha value is -6.26. The molecule has 11 aromatic rings. The molecule has 0 amide bonds. The Balaban J connectivity index is 1.45. The summed E-state index contributed by atoms with van der Waals surface area (Å²) in [5, 5.41) is 9.25. The van der Waals surface area contributed by atoms with Crippen LogP contribution in [0.1, 0.15) is 0 Å². The highest BCUT2D eigenvalue weighted by Crippen LogP contribution is 2.49. The fraction of sp³-hybridized carbons (Fsp3) is 0. The molecule has 0 spiro atoms. The molecular weight excluding hydrogens is 564 g/mol. The van der Waals surface area contributed by atoms with Gasteiger partial charge in [0.1, 0.15) is 16.7 Å². The van der Waals surface area contributed by atoms with E-state index >= 15 is 0 Å². The minimum absolute atomic E-state index is 0.888. The highest BCUT2D eigenvalue weighted by atomic mass is 16.3. The molecule has 4 aromatic heterocycles. The van der Waals surface area contributed by atoms with E-state index in [9.17, 15) is 0 Å². The van der Waals surface area contributed by atoms with E-state index in [-0.39, 0.29) is 0 Å². The molecule has 0 saturated carbocycles. The standard InChI is InChI=1S/C42H24N2O2/c1-2-12-25(13-3-1)43-33-19-9-5-16-29(33)39-40-37(38-30-17-7-11-21-35(30)46-42(38)41(39)43)28-15-4-8-18-32(28)44(40)26-22-23-36-31(24-26)27-14-6-10-20-34(27)45-36/h1-24H. The van der Waals surface area contributed by atoms with Gasteiger partial charge in [0.05, 0.1) is 22.1 Å². The van der Waals surface area contributed by atoms with Gasteiger partial charge in [0.2, 0.25) is 0 Å². The van der Waals surface area contributed by atoms with Crippen LogP contribution in [0.2, 0.25) is 0 Å². The number of fused-ring (bicyclic) bond motifs is 15. The Morgan fingerprint density at radius 3 is 1.67 bits per heavy atom. The molecule has 7 aromatic carbocycles. The number of nitrogens with zero attached hydrogens (tertiary/aromatic N) is 2. The van der Waals surface area contributed by atoms with Crippen molar-refractivity contribution in [2.75, 3.05) is 0 Å². The van der Waals surface area contributed by atoms with Crippen molar-refractivity contribution in [1.82, 2.24) is 9.13 Å². The molecule has 0 N–H and O–H groups in total. The quantitative estimate of drug-likeness (QED) is 0.201. The molecule has 0 radical (unpaired) electrons. The minimum atomic E-state index is 0.888. The summed E-state index contributed by atoms with van der Waals surface area (Å²) in [6.45, 7) is 0. The number of hydrogen-bond acceptors (Lipinski definition) is 2. The average molecular weight is 589 g/mol. The van der Waals surface area contributed by atoms with Gasteiger partial charge in [-0.1, -0.05) is 91.0 Å². The van der Waals surface area contributed by atoms with Crippen LogP contribution in [0.15, 0.2) is 154 Å².